The molecule has 0 amide bonds. The van der Waals surface area contributed by atoms with E-state index in [-0.39, 0.29) is 26.9 Å². The molecule has 22 aromatic rings. The molecule has 30 rings (SSSR count). The molecule has 652 valence electrons. The highest BCUT2D eigenvalue weighted by molar-refractivity contribution is 7.00. The van der Waals surface area contributed by atoms with Gasteiger partial charge in [-0.3, -0.25) is 0 Å². The van der Waals surface area contributed by atoms with E-state index in [1.807, 2.05) is 97.1 Å². The molecule has 0 bridgehead atoms. The summed E-state index contributed by atoms with van der Waals surface area (Å²) >= 11 is 0. The van der Waals surface area contributed by atoms with Crippen LogP contribution in [0.1, 0.15) is 0 Å². The zero-order valence-electron chi connectivity index (χ0n) is 75.8. The third-order valence-electron chi connectivity index (χ3n) is 28.4. The van der Waals surface area contributed by atoms with Crippen LogP contribution in [0.25, 0.3) is 111 Å². The van der Waals surface area contributed by atoms with Crippen molar-refractivity contribution in [3.8, 4) is 181 Å². The van der Waals surface area contributed by atoms with E-state index < -0.39 is 0 Å². The summed E-state index contributed by atoms with van der Waals surface area (Å²) < 4.78 is 51.7. The van der Waals surface area contributed by atoms with Crippen molar-refractivity contribution in [2.24, 2.45) is 0 Å². The van der Waals surface area contributed by atoms with Crippen LogP contribution in [0, 0.1) is 0 Å². The molecule has 0 N–H and O–H groups in total. The quantitative estimate of drug-likeness (QED) is 0.139. The minimum atomic E-state index is -0.00134. The SMILES string of the molecule is c1cc2c3c(c1)Oc1ccc(-c4cccc5ccccc45)cc1B3c1cc(-c3cccc4ccccc34)ccc1O2.c1ccc(-c2ccc3c(c2)B2c4cc(-c5ccccc5)ccc4Oc4cccc(c42)O3)cc1.c1ccc(-c2ccc3c(c2)Oc2cccc4c2B3c2ccc(-c3ccccc3)cc2O4)cc1.c1ccc(-c2cccc3c2Oc2cccc4c2B3c2cccc(-c3ccccc3)c2O4)cc1. The highest BCUT2D eigenvalue weighted by atomic mass is 16.5. The van der Waals surface area contributed by atoms with Gasteiger partial charge in [-0.05, 0) is 228 Å². The average molecular weight is 1790 g/mol. The number of benzene rings is 22. The van der Waals surface area contributed by atoms with Crippen molar-refractivity contribution in [1.29, 1.82) is 0 Å². The van der Waals surface area contributed by atoms with Crippen molar-refractivity contribution in [3.05, 3.63) is 485 Å². The maximum absolute atomic E-state index is 6.56. The van der Waals surface area contributed by atoms with Gasteiger partial charge in [0.25, 0.3) is 26.9 Å². The van der Waals surface area contributed by atoms with Gasteiger partial charge in [-0.2, -0.15) is 0 Å². The van der Waals surface area contributed by atoms with Gasteiger partial charge < -0.3 is 37.9 Å². The normalized spacial score (nSPS) is 12.7. The van der Waals surface area contributed by atoms with Crippen molar-refractivity contribution in [2.45, 2.75) is 0 Å². The van der Waals surface area contributed by atoms with Gasteiger partial charge in [-0.15, -0.1) is 0 Å². The maximum atomic E-state index is 6.56. The summed E-state index contributed by atoms with van der Waals surface area (Å²) in [6, 6.07) is 170. The van der Waals surface area contributed by atoms with E-state index in [1.165, 1.54) is 110 Å². The summed E-state index contributed by atoms with van der Waals surface area (Å²) in [5.41, 5.74) is 32.6. The average Bonchev–Trinajstić information content (AvgIpc) is 0.730. The fraction of sp³-hybridized carbons (Fsp3) is 0. The first-order chi connectivity index (χ1) is 69.4. The Hall–Kier alpha value is -18.0. The van der Waals surface area contributed by atoms with Crippen LogP contribution < -0.4 is 103 Å². The van der Waals surface area contributed by atoms with Crippen molar-refractivity contribution in [2.75, 3.05) is 0 Å². The van der Waals surface area contributed by atoms with Gasteiger partial charge in [-0.1, -0.05) is 400 Å². The van der Waals surface area contributed by atoms with Crippen molar-refractivity contribution < 1.29 is 37.9 Å². The highest BCUT2D eigenvalue weighted by Gasteiger charge is 2.46. The standard InChI is InChI=1S/C38H23BO2.3C30H19BO2/c1-3-12-28-24(8-1)10-5-14-30(28)26-18-20-34-32(22-26)39-33-23-27(31-15-6-11-25-9-2-4-13-29(25)31)19-21-35(33)41-37-17-7-16-36(40-34)38(37)39;1-3-10-20(11-4-1)22-14-7-16-24-29(22)32-26-18-9-19-27-28(26)31(24)25-17-8-15-23(30(25)33-27)21-12-5-2-6-13-21;1-3-8-20(9-4-1)22-14-16-26-24(18-22)31-25-19-23(21-10-5-2-6-11-21)15-17-27(25)33-29-13-7-12-28(32-26)30(29)31;1-3-8-20(9-4-1)22-14-16-24-28(18-22)32-26-12-7-13-27-30(26)31(24)25-17-15-23(19-29(25)33-27)21-10-5-2-6-11-21/h1-23H;3*1-19H. The Morgan fingerprint density at radius 2 is 0.357 bits per heavy atom. The molecule has 22 aromatic carbocycles. The van der Waals surface area contributed by atoms with Crippen LogP contribution in [-0.4, -0.2) is 26.9 Å². The van der Waals surface area contributed by atoms with Gasteiger partial charge in [-0.25, -0.2) is 0 Å². The fourth-order valence-electron chi connectivity index (χ4n) is 22.0. The molecule has 0 saturated carbocycles. The zero-order valence-corrected chi connectivity index (χ0v) is 75.8. The second-order valence-corrected chi connectivity index (χ2v) is 36.4. The topological polar surface area (TPSA) is 73.8 Å². The molecule has 8 aliphatic heterocycles. The lowest BCUT2D eigenvalue weighted by Gasteiger charge is -2.34. The Bertz CT molecular complexity index is 8220. The Morgan fingerprint density at radius 3 is 0.700 bits per heavy atom. The van der Waals surface area contributed by atoms with Crippen molar-refractivity contribution >= 4 is 114 Å². The van der Waals surface area contributed by atoms with E-state index in [0.717, 1.165) is 158 Å². The molecule has 0 spiro atoms. The molecular formula is C128H80B4O8. The molecule has 0 radical (unpaired) electrons. The monoisotopic (exact) mass is 1790 g/mol. The molecule has 0 unspecified atom stereocenters. The first-order valence-electron chi connectivity index (χ1n) is 47.7. The van der Waals surface area contributed by atoms with E-state index in [4.69, 9.17) is 37.9 Å². The summed E-state index contributed by atoms with van der Waals surface area (Å²) in [4.78, 5) is 0. The molecule has 140 heavy (non-hydrogen) atoms. The van der Waals surface area contributed by atoms with Crippen LogP contribution in [0.15, 0.2) is 485 Å². The molecular weight excluding hydrogens is 1710 g/mol. The molecule has 8 heterocycles. The largest absolute Gasteiger partial charge is 0.458 e. The minimum absolute atomic E-state index is 0.00134. The molecule has 0 aromatic heterocycles. The lowest BCUT2D eigenvalue weighted by molar-refractivity contribution is 0.464. The Kier molecular flexibility index (Phi) is 19.9. The van der Waals surface area contributed by atoms with Gasteiger partial charge in [0, 0.05) is 33.0 Å². The van der Waals surface area contributed by atoms with Crippen LogP contribution >= 0.6 is 0 Å². The molecule has 0 aliphatic carbocycles. The van der Waals surface area contributed by atoms with Crippen LogP contribution in [-0.2, 0) is 0 Å². The maximum Gasteiger partial charge on any atom is 0.260 e. The fourth-order valence-corrected chi connectivity index (χ4v) is 22.0. The van der Waals surface area contributed by atoms with Crippen molar-refractivity contribution in [1.82, 2.24) is 0 Å². The lowest BCUT2D eigenvalue weighted by atomic mass is 9.34. The van der Waals surface area contributed by atoms with Gasteiger partial charge in [0.05, 0.1) is 0 Å². The Labute approximate surface area is 812 Å². The molecule has 0 atom stereocenters. The second kappa shape index (κ2) is 34.1. The number of fused-ring (bicyclic) bond motifs is 18. The summed E-state index contributed by atoms with van der Waals surface area (Å²) in [5, 5.41) is 4.97. The first-order valence-corrected chi connectivity index (χ1v) is 47.7. The number of rotatable bonds is 8. The molecule has 0 fully saturated rings. The summed E-state index contributed by atoms with van der Waals surface area (Å²) in [6.45, 7) is 0.184. The first kappa shape index (κ1) is 81.6. The minimum Gasteiger partial charge on any atom is -0.458 e. The zero-order chi connectivity index (χ0) is 92.2. The number of hydrogen-bond donors (Lipinski definition) is 0. The second-order valence-electron chi connectivity index (χ2n) is 36.4. The van der Waals surface area contributed by atoms with Gasteiger partial charge >= 0.3 is 0 Å². The van der Waals surface area contributed by atoms with E-state index >= 15 is 0 Å². The smallest absolute Gasteiger partial charge is 0.260 e. The Morgan fingerprint density at radius 1 is 0.121 bits per heavy atom. The van der Waals surface area contributed by atoms with E-state index in [0.29, 0.717) is 0 Å². The van der Waals surface area contributed by atoms with Crippen LogP contribution in [0.5, 0.6) is 92.0 Å². The Balaban J connectivity index is 0.0000000942. The number of ether oxygens (including phenoxy) is 8. The number of hydrogen-bond acceptors (Lipinski definition) is 8. The van der Waals surface area contributed by atoms with Crippen LogP contribution in [0.4, 0.5) is 0 Å². The van der Waals surface area contributed by atoms with Gasteiger partial charge in [0.1, 0.15) is 92.0 Å². The summed E-state index contributed by atoms with van der Waals surface area (Å²) in [7, 11) is 0. The van der Waals surface area contributed by atoms with E-state index in [9.17, 15) is 0 Å². The number of para-hydroxylation sites is 2. The molecule has 8 aliphatic rings. The van der Waals surface area contributed by atoms with Crippen molar-refractivity contribution in [3.63, 3.8) is 0 Å². The van der Waals surface area contributed by atoms with Crippen LogP contribution in [0.3, 0.4) is 0 Å². The predicted octanol–water partition coefficient (Wildman–Crippen LogP) is 25.3. The van der Waals surface area contributed by atoms with E-state index in [1.54, 1.807) is 0 Å². The third kappa shape index (κ3) is 14.2. The summed E-state index contributed by atoms with van der Waals surface area (Å²) in [5.74, 6) is 14.2. The van der Waals surface area contributed by atoms with E-state index in [2.05, 4.69) is 388 Å². The van der Waals surface area contributed by atoms with Crippen LogP contribution in [0.2, 0.25) is 0 Å². The molecule has 0 saturated heterocycles. The lowest BCUT2D eigenvalue weighted by Crippen LogP contribution is -2.57. The van der Waals surface area contributed by atoms with Gasteiger partial charge in [0.2, 0.25) is 0 Å². The van der Waals surface area contributed by atoms with Gasteiger partial charge in [0.15, 0.2) is 0 Å². The molecule has 12 heteroatoms. The summed E-state index contributed by atoms with van der Waals surface area (Å²) in [6.07, 6.45) is 0. The highest BCUT2D eigenvalue weighted by Crippen LogP contribution is 2.46. The molecule has 8 nitrogen and oxygen atoms in total. The predicted molar refractivity (Wildman–Crippen MR) is 575 cm³/mol. The third-order valence-corrected chi connectivity index (χ3v) is 28.4.